The molecule has 6 aromatic rings. The molecule has 6 rings (SSSR count). The molecule has 2 N–H and O–H groups in total. The average molecular weight is 482 g/mol. The van der Waals surface area contributed by atoms with Gasteiger partial charge >= 0.3 is 0 Å². The molecule has 0 unspecified atom stereocenters. The molecule has 37 heavy (non-hydrogen) atoms. The van der Waals surface area contributed by atoms with Crippen LogP contribution in [-0.4, -0.2) is 19.6 Å². The van der Waals surface area contributed by atoms with Crippen molar-refractivity contribution in [3.05, 3.63) is 127 Å². The van der Waals surface area contributed by atoms with Crippen LogP contribution in [0.5, 0.6) is 0 Å². The van der Waals surface area contributed by atoms with E-state index in [2.05, 4.69) is 10.2 Å². The van der Waals surface area contributed by atoms with Crippen LogP contribution in [0.15, 0.2) is 138 Å². The Morgan fingerprint density at radius 3 is 1.65 bits per heavy atom. The number of hydrogen-bond acceptors (Lipinski definition) is 5. The van der Waals surface area contributed by atoms with E-state index in [9.17, 15) is 0 Å². The molecule has 2 heterocycles. The van der Waals surface area contributed by atoms with Crippen LogP contribution in [0.1, 0.15) is 0 Å². The van der Waals surface area contributed by atoms with E-state index in [0.717, 1.165) is 28.2 Å². The van der Waals surface area contributed by atoms with Crippen molar-refractivity contribution in [1.29, 1.82) is 0 Å². The Balaban J connectivity index is 1.49. The first kappa shape index (κ1) is 22.2. The van der Waals surface area contributed by atoms with Gasteiger partial charge in [0.15, 0.2) is 17.3 Å². The number of benzene rings is 4. The third kappa shape index (κ3) is 4.41. The molecule has 0 spiro atoms. The summed E-state index contributed by atoms with van der Waals surface area (Å²) in [6.07, 6.45) is 0. The van der Waals surface area contributed by atoms with Crippen LogP contribution < -0.4 is 5.73 Å². The van der Waals surface area contributed by atoms with Crippen LogP contribution in [0.3, 0.4) is 0 Å². The van der Waals surface area contributed by atoms with Crippen molar-refractivity contribution in [3.8, 4) is 33.9 Å². The fraction of sp³-hybridized carbons (Fsp3) is 0. The fourth-order valence-corrected chi connectivity index (χ4v) is 4.13. The molecule has 0 saturated carbocycles. The molecule has 2 aromatic heterocycles. The average Bonchev–Trinajstić information content (AvgIpc) is 3.55. The number of rotatable bonds is 6. The predicted octanol–water partition coefficient (Wildman–Crippen LogP) is 7.39. The van der Waals surface area contributed by atoms with E-state index in [1.54, 1.807) is 9.36 Å². The van der Waals surface area contributed by atoms with Crippen molar-refractivity contribution in [2.45, 2.75) is 0 Å². The molecule has 0 amide bonds. The molecule has 0 aliphatic carbocycles. The van der Waals surface area contributed by atoms with Crippen molar-refractivity contribution in [1.82, 2.24) is 19.6 Å². The van der Waals surface area contributed by atoms with E-state index in [4.69, 9.17) is 15.9 Å². The Bertz CT molecular complexity index is 1650. The van der Waals surface area contributed by atoms with Gasteiger partial charge in [0.1, 0.15) is 5.69 Å². The van der Waals surface area contributed by atoms with Gasteiger partial charge in [0.25, 0.3) is 0 Å². The highest BCUT2D eigenvalue weighted by Gasteiger charge is 2.19. The van der Waals surface area contributed by atoms with Crippen LogP contribution in [0.25, 0.3) is 33.9 Å². The van der Waals surface area contributed by atoms with Gasteiger partial charge in [-0.2, -0.15) is 10.2 Å². The third-order valence-corrected chi connectivity index (χ3v) is 5.96. The maximum absolute atomic E-state index is 6.61. The zero-order chi connectivity index (χ0) is 25.0. The molecule has 0 bridgehead atoms. The summed E-state index contributed by atoms with van der Waals surface area (Å²) in [5, 5.41) is 18.9. The summed E-state index contributed by atoms with van der Waals surface area (Å²) < 4.78 is 3.48. The summed E-state index contributed by atoms with van der Waals surface area (Å²) in [4.78, 5) is 0. The van der Waals surface area contributed by atoms with Crippen molar-refractivity contribution < 1.29 is 0 Å². The van der Waals surface area contributed by atoms with Gasteiger partial charge in [-0.15, -0.1) is 10.2 Å². The van der Waals surface area contributed by atoms with Gasteiger partial charge in [0.05, 0.1) is 17.1 Å². The first-order chi connectivity index (χ1) is 18.3. The number of hydrogen-bond donors (Lipinski definition) is 1. The molecule has 4 aromatic carbocycles. The summed E-state index contributed by atoms with van der Waals surface area (Å²) in [6, 6.07) is 41.4. The molecule has 0 aliphatic heterocycles. The van der Waals surface area contributed by atoms with Gasteiger partial charge in [0.2, 0.25) is 0 Å². The minimum Gasteiger partial charge on any atom is -0.382 e. The van der Waals surface area contributed by atoms with E-state index in [1.165, 1.54) is 0 Å². The second-order valence-electron chi connectivity index (χ2n) is 8.40. The molecule has 0 fully saturated rings. The van der Waals surface area contributed by atoms with Gasteiger partial charge < -0.3 is 5.73 Å². The Morgan fingerprint density at radius 2 is 1.05 bits per heavy atom. The van der Waals surface area contributed by atoms with Crippen LogP contribution in [0.4, 0.5) is 17.3 Å². The monoisotopic (exact) mass is 481 g/mol. The zero-order valence-corrected chi connectivity index (χ0v) is 19.9. The summed E-state index contributed by atoms with van der Waals surface area (Å²) in [6.45, 7) is 0. The van der Waals surface area contributed by atoms with Crippen LogP contribution in [0.2, 0.25) is 0 Å². The van der Waals surface area contributed by atoms with E-state index < -0.39 is 0 Å². The van der Waals surface area contributed by atoms with Crippen LogP contribution in [0, 0.1) is 0 Å². The second kappa shape index (κ2) is 9.75. The second-order valence-corrected chi connectivity index (χ2v) is 8.40. The Morgan fingerprint density at radius 1 is 0.541 bits per heavy atom. The number of anilines is 1. The summed E-state index contributed by atoms with van der Waals surface area (Å²) in [5.74, 6) is 0.985. The van der Waals surface area contributed by atoms with Crippen molar-refractivity contribution >= 4 is 17.3 Å². The summed E-state index contributed by atoms with van der Waals surface area (Å²) in [7, 11) is 0. The molecular weight excluding hydrogens is 458 g/mol. The number of para-hydroxylation sites is 2. The quantitative estimate of drug-likeness (QED) is 0.252. The highest BCUT2D eigenvalue weighted by Crippen LogP contribution is 2.38. The van der Waals surface area contributed by atoms with Gasteiger partial charge in [-0.3, -0.25) is 0 Å². The lowest BCUT2D eigenvalue weighted by Gasteiger charge is -2.03. The van der Waals surface area contributed by atoms with E-state index in [0.29, 0.717) is 23.0 Å². The number of nitrogens with two attached hydrogens (primary N) is 1. The number of nitrogen functional groups attached to an aromatic ring is 1. The molecule has 178 valence electrons. The number of nitrogens with zero attached hydrogens (tertiary/aromatic N) is 6. The fourth-order valence-electron chi connectivity index (χ4n) is 4.13. The SMILES string of the molecule is Nc1c(N=Nc2cc(-c3ccccc3)nn2-c2ccccc2)c(-c2ccccc2)nn1-c1ccccc1. The molecular formula is C30H23N7. The van der Waals surface area contributed by atoms with E-state index in [-0.39, 0.29) is 0 Å². The number of azo groups is 1. The third-order valence-electron chi connectivity index (χ3n) is 5.96. The molecule has 0 atom stereocenters. The van der Waals surface area contributed by atoms with E-state index >= 15 is 0 Å². The van der Waals surface area contributed by atoms with Gasteiger partial charge in [-0.1, -0.05) is 97.1 Å². The Labute approximate surface area is 214 Å². The molecule has 0 aliphatic rings. The lowest BCUT2D eigenvalue weighted by Crippen LogP contribution is -2.01. The van der Waals surface area contributed by atoms with Crippen molar-refractivity contribution in [2.24, 2.45) is 10.2 Å². The first-order valence-corrected chi connectivity index (χ1v) is 11.9. The maximum atomic E-state index is 6.61. The summed E-state index contributed by atoms with van der Waals surface area (Å²) in [5.41, 5.74) is 12.2. The van der Waals surface area contributed by atoms with Crippen LogP contribution >= 0.6 is 0 Å². The standard InChI is InChI=1S/C30H23N7/c31-30-29(28(23-15-7-2-8-16-23)35-37(30)25-19-11-4-12-20-25)33-32-27-21-26(22-13-5-1-6-14-22)34-36(27)24-17-9-3-10-18-24/h1-21H,31H2. The lowest BCUT2D eigenvalue weighted by molar-refractivity contribution is 0.873. The van der Waals surface area contributed by atoms with Crippen molar-refractivity contribution in [2.75, 3.05) is 5.73 Å². The Hall–Kier alpha value is -5.30. The smallest absolute Gasteiger partial charge is 0.178 e. The van der Waals surface area contributed by atoms with E-state index in [1.807, 2.05) is 127 Å². The maximum Gasteiger partial charge on any atom is 0.178 e. The highest BCUT2D eigenvalue weighted by molar-refractivity contribution is 5.80. The highest BCUT2D eigenvalue weighted by atomic mass is 15.4. The molecule has 0 radical (unpaired) electrons. The largest absolute Gasteiger partial charge is 0.382 e. The molecule has 0 saturated heterocycles. The van der Waals surface area contributed by atoms with Gasteiger partial charge in [-0.05, 0) is 24.3 Å². The van der Waals surface area contributed by atoms with Crippen molar-refractivity contribution in [3.63, 3.8) is 0 Å². The first-order valence-electron chi connectivity index (χ1n) is 11.9. The Kier molecular flexibility index (Phi) is 5.85. The minimum atomic E-state index is 0.405. The molecule has 7 heteroatoms. The number of aromatic nitrogens is 4. The topological polar surface area (TPSA) is 86.4 Å². The zero-order valence-electron chi connectivity index (χ0n) is 19.9. The van der Waals surface area contributed by atoms with Gasteiger partial charge in [-0.25, -0.2) is 9.36 Å². The van der Waals surface area contributed by atoms with Gasteiger partial charge in [0, 0.05) is 17.2 Å². The molecule has 7 nitrogen and oxygen atoms in total. The predicted molar refractivity (Wildman–Crippen MR) is 147 cm³/mol. The normalized spacial score (nSPS) is 11.2. The minimum absolute atomic E-state index is 0.405. The summed E-state index contributed by atoms with van der Waals surface area (Å²) >= 11 is 0. The van der Waals surface area contributed by atoms with Crippen LogP contribution in [-0.2, 0) is 0 Å². The lowest BCUT2D eigenvalue weighted by atomic mass is 10.1.